The molecule has 1 heterocycles. The van der Waals surface area contributed by atoms with Gasteiger partial charge in [-0.2, -0.15) is 5.10 Å². The summed E-state index contributed by atoms with van der Waals surface area (Å²) < 4.78 is 2.48. The highest BCUT2D eigenvalue weighted by molar-refractivity contribution is 9.10. The van der Waals surface area contributed by atoms with Crippen molar-refractivity contribution >= 4 is 44.9 Å². The van der Waals surface area contributed by atoms with Gasteiger partial charge in [-0.25, -0.2) is 4.68 Å². The second-order valence-electron chi connectivity index (χ2n) is 3.64. The predicted octanol–water partition coefficient (Wildman–Crippen LogP) is 3.89. The SMILES string of the molecule is Cc1nn(Cc2c(Cl)cccc2Cl)c(N)c1Br. The van der Waals surface area contributed by atoms with Crippen molar-refractivity contribution in [2.45, 2.75) is 13.5 Å². The van der Waals surface area contributed by atoms with Crippen molar-refractivity contribution in [2.24, 2.45) is 0 Å². The summed E-state index contributed by atoms with van der Waals surface area (Å²) in [6.45, 7) is 2.34. The number of benzene rings is 1. The fourth-order valence-electron chi connectivity index (χ4n) is 1.53. The standard InChI is InChI=1S/C11H10BrCl2N3/c1-6-10(12)11(15)17(16-6)5-7-8(13)3-2-4-9(7)14/h2-4H,5,15H2,1H3. The van der Waals surface area contributed by atoms with Crippen LogP contribution in [0.4, 0.5) is 5.82 Å². The third-order valence-electron chi connectivity index (χ3n) is 2.46. The van der Waals surface area contributed by atoms with E-state index < -0.39 is 0 Å². The van der Waals surface area contributed by atoms with Crippen LogP contribution in [-0.4, -0.2) is 9.78 Å². The number of nitrogen functional groups attached to an aromatic ring is 1. The van der Waals surface area contributed by atoms with Gasteiger partial charge in [0, 0.05) is 15.6 Å². The van der Waals surface area contributed by atoms with Gasteiger partial charge in [-0.3, -0.25) is 0 Å². The number of aryl methyl sites for hydroxylation is 1. The lowest BCUT2D eigenvalue weighted by atomic mass is 10.2. The van der Waals surface area contributed by atoms with Crippen LogP contribution in [0.1, 0.15) is 11.3 Å². The summed E-state index contributed by atoms with van der Waals surface area (Å²) in [6, 6.07) is 5.40. The first-order chi connectivity index (χ1) is 8.00. The second kappa shape index (κ2) is 4.88. The Labute approximate surface area is 118 Å². The number of nitrogens with zero attached hydrogens (tertiary/aromatic N) is 2. The van der Waals surface area contributed by atoms with Gasteiger partial charge in [-0.15, -0.1) is 0 Å². The molecule has 0 fully saturated rings. The fraction of sp³-hybridized carbons (Fsp3) is 0.182. The van der Waals surface area contributed by atoms with Gasteiger partial charge in [0.1, 0.15) is 5.82 Å². The van der Waals surface area contributed by atoms with Crippen LogP contribution < -0.4 is 5.73 Å². The van der Waals surface area contributed by atoms with Crippen molar-refractivity contribution in [1.82, 2.24) is 9.78 Å². The van der Waals surface area contributed by atoms with Crippen LogP contribution in [0.25, 0.3) is 0 Å². The van der Waals surface area contributed by atoms with E-state index in [-0.39, 0.29) is 0 Å². The molecule has 0 aliphatic carbocycles. The van der Waals surface area contributed by atoms with Gasteiger partial charge >= 0.3 is 0 Å². The molecule has 1 aromatic carbocycles. The minimum Gasteiger partial charge on any atom is -0.383 e. The molecule has 0 radical (unpaired) electrons. The van der Waals surface area contributed by atoms with Crippen LogP contribution >= 0.6 is 39.1 Å². The fourth-order valence-corrected chi connectivity index (χ4v) is 2.33. The molecule has 2 rings (SSSR count). The van der Waals surface area contributed by atoms with Gasteiger partial charge in [0.2, 0.25) is 0 Å². The lowest BCUT2D eigenvalue weighted by Gasteiger charge is -2.08. The van der Waals surface area contributed by atoms with E-state index in [1.165, 1.54) is 0 Å². The van der Waals surface area contributed by atoms with Crippen molar-refractivity contribution in [3.05, 3.63) is 44.0 Å². The van der Waals surface area contributed by atoms with Crippen LogP contribution in [0, 0.1) is 6.92 Å². The molecule has 0 atom stereocenters. The molecule has 90 valence electrons. The van der Waals surface area contributed by atoms with Crippen molar-refractivity contribution in [3.63, 3.8) is 0 Å². The molecule has 0 aliphatic heterocycles. The zero-order chi connectivity index (χ0) is 12.6. The molecule has 1 aromatic heterocycles. The van der Waals surface area contributed by atoms with Gasteiger partial charge in [-0.1, -0.05) is 29.3 Å². The molecule has 0 saturated heterocycles. The van der Waals surface area contributed by atoms with E-state index >= 15 is 0 Å². The largest absolute Gasteiger partial charge is 0.383 e. The highest BCUT2D eigenvalue weighted by atomic mass is 79.9. The number of hydrogen-bond donors (Lipinski definition) is 1. The van der Waals surface area contributed by atoms with E-state index in [1.54, 1.807) is 16.8 Å². The normalized spacial score (nSPS) is 10.8. The zero-order valence-corrected chi connectivity index (χ0v) is 12.1. The topological polar surface area (TPSA) is 43.8 Å². The van der Waals surface area contributed by atoms with Gasteiger partial charge < -0.3 is 5.73 Å². The number of anilines is 1. The monoisotopic (exact) mass is 333 g/mol. The number of hydrogen-bond acceptors (Lipinski definition) is 2. The Hall–Kier alpha value is -0.710. The lowest BCUT2D eigenvalue weighted by molar-refractivity contribution is 0.689. The lowest BCUT2D eigenvalue weighted by Crippen LogP contribution is -2.07. The Bertz CT molecular complexity index is 546. The molecular formula is C11H10BrCl2N3. The highest BCUT2D eigenvalue weighted by Gasteiger charge is 2.12. The van der Waals surface area contributed by atoms with Gasteiger partial charge in [0.15, 0.2) is 0 Å². The van der Waals surface area contributed by atoms with Crippen LogP contribution in [0.5, 0.6) is 0 Å². The summed E-state index contributed by atoms with van der Waals surface area (Å²) >= 11 is 15.6. The summed E-state index contributed by atoms with van der Waals surface area (Å²) in [5.74, 6) is 0.568. The summed E-state index contributed by atoms with van der Waals surface area (Å²) in [4.78, 5) is 0. The molecule has 0 bridgehead atoms. The first kappa shape index (κ1) is 12.7. The molecule has 2 N–H and O–H groups in total. The maximum Gasteiger partial charge on any atom is 0.136 e. The quantitative estimate of drug-likeness (QED) is 0.905. The van der Waals surface area contributed by atoms with E-state index in [9.17, 15) is 0 Å². The molecule has 0 amide bonds. The summed E-state index contributed by atoms with van der Waals surface area (Å²) in [5.41, 5.74) is 7.57. The number of halogens is 3. The Morgan fingerprint density at radius 2 is 1.94 bits per heavy atom. The average molecular weight is 335 g/mol. The molecule has 6 heteroatoms. The van der Waals surface area contributed by atoms with Gasteiger partial charge in [0.05, 0.1) is 16.7 Å². The average Bonchev–Trinajstić information content (AvgIpc) is 2.52. The number of rotatable bonds is 2. The van der Waals surface area contributed by atoms with Crippen LogP contribution in [-0.2, 0) is 6.54 Å². The minimum atomic E-state index is 0.455. The predicted molar refractivity (Wildman–Crippen MR) is 74.6 cm³/mol. The molecular weight excluding hydrogens is 325 g/mol. The maximum atomic E-state index is 6.10. The van der Waals surface area contributed by atoms with Gasteiger partial charge in [-0.05, 0) is 35.0 Å². The first-order valence-electron chi connectivity index (χ1n) is 4.92. The van der Waals surface area contributed by atoms with E-state index in [1.807, 2.05) is 13.0 Å². The summed E-state index contributed by atoms with van der Waals surface area (Å²) in [6.07, 6.45) is 0. The van der Waals surface area contributed by atoms with Crippen molar-refractivity contribution in [2.75, 3.05) is 5.73 Å². The van der Waals surface area contributed by atoms with E-state index in [0.717, 1.165) is 15.7 Å². The Morgan fingerprint density at radius 1 is 1.35 bits per heavy atom. The molecule has 2 aromatic rings. The number of nitrogens with two attached hydrogens (primary N) is 1. The smallest absolute Gasteiger partial charge is 0.136 e. The van der Waals surface area contributed by atoms with Crippen LogP contribution in [0.15, 0.2) is 22.7 Å². The third-order valence-corrected chi connectivity index (χ3v) is 4.15. The molecule has 3 nitrogen and oxygen atoms in total. The van der Waals surface area contributed by atoms with Crippen molar-refractivity contribution in [1.29, 1.82) is 0 Å². The molecule has 0 spiro atoms. The minimum absolute atomic E-state index is 0.455. The van der Waals surface area contributed by atoms with E-state index in [4.69, 9.17) is 28.9 Å². The maximum absolute atomic E-state index is 6.10. The van der Waals surface area contributed by atoms with E-state index in [2.05, 4.69) is 21.0 Å². The van der Waals surface area contributed by atoms with Crippen LogP contribution in [0.2, 0.25) is 10.0 Å². The van der Waals surface area contributed by atoms with Crippen molar-refractivity contribution in [3.8, 4) is 0 Å². The van der Waals surface area contributed by atoms with Gasteiger partial charge in [0.25, 0.3) is 0 Å². The first-order valence-corrected chi connectivity index (χ1v) is 6.47. The second-order valence-corrected chi connectivity index (χ2v) is 5.25. The Kier molecular flexibility index (Phi) is 3.66. The van der Waals surface area contributed by atoms with E-state index in [0.29, 0.717) is 22.4 Å². The molecule has 0 aliphatic rings. The molecule has 17 heavy (non-hydrogen) atoms. The summed E-state index contributed by atoms with van der Waals surface area (Å²) in [7, 11) is 0. The third kappa shape index (κ3) is 2.44. The van der Waals surface area contributed by atoms with Crippen LogP contribution in [0.3, 0.4) is 0 Å². The molecule has 0 saturated carbocycles. The Morgan fingerprint density at radius 3 is 2.41 bits per heavy atom. The number of aromatic nitrogens is 2. The Balaban J connectivity index is 2.41. The zero-order valence-electron chi connectivity index (χ0n) is 9.04. The summed E-state index contributed by atoms with van der Waals surface area (Å²) in [5, 5.41) is 5.54. The highest BCUT2D eigenvalue weighted by Crippen LogP contribution is 2.28. The van der Waals surface area contributed by atoms with Crippen molar-refractivity contribution < 1.29 is 0 Å². The molecule has 0 unspecified atom stereocenters.